The molecular formula is C15H22ClFN2O. The predicted octanol–water partition coefficient (Wildman–Crippen LogP) is 3.96. The lowest BCUT2D eigenvalue weighted by Gasteiger charge is -2.14. The average molecular weight is 301 g/mol. The van der Waals surface area contributed by atoms with E-state index in [2.05, 4.69) is 12.2 Å². The van der Waals surface area contributed by atoms with Crippen LogP contribution in [0.15, 0.2) is 18.2 Å². The zero-order chi connectivity index (χ0) is 15.0. The van der Waals surface area contributed by atoms with E-state index in [-0.39, 0.29) is 10.9 Å². The molecule has 1 aromatic carbocycles. The highest BCUT2D eigenvalue weighted by atomic mass is 35.5. The van der Waals surface area contributed by atoms with E-state index < -0.39 is 5.82 Å². The van der Waals surface area contributed by atoms with Gasteiger partial charge in [-0.3, -0.25) is 4.79 Å². The number of amides is 1. The highest BCUT2D eigenvalue weighted by molar-refractivity contribution is 6.30. The number of nitrogens with one attached hydrogen (secondary N) is 1. The van der Waals surface area contributed by atoms with E-state index in [9.17, 15) is 9.18 Å². The zero-order valence-corrected chi connectivity index (χ0v) is 12.5. The Morgan fingerprint density at radius 1 is 1.35 bits per heavy atom. The Hall–Kier alpha value is -1.13. The van der Waals surface area contributed by atoms with Crippen LogP contribution in [0.25, 0.3) is 0 Å². The molecule has 0 fully saturated rings. The monoisotopic (exact) mass is 300 g/mol. The van der Waals surface area contributed by atoms with E-state index in [1.54, 1.807) is 0 Å². The second-order valence-electron chi connectivity index (χ2n) is 4.98. The number of anilines is 1. The van der Waals surface area contributed by atoms with Crippen molar-refractivity contribution in [3.8, 4) is 0 Å². The maximum Gasteiger partial charge on any atom is 0.224 e. The van der Waals surface area contributed by atoms with E-state index in [0.29, 0.717) is 24.6 Å². The third-order valence-corrected chi connectivity index (χ3v) is 3.42. The van der Waals surface area contributed by atoms with Crippen LogP contribution >= 0.6 is 11.6 Å². The smallest absolute Gasteiger partial charge is 0.224 e. The number of benzene rings is 1. The fraction of sp³-hybridized carbons (Fsp3) is 0.533. The van der Waals surface area contributed by atoms with Gasteiger partial charge in [0.15, 0.2) is 0 Å². The molecule has 1 amide bonds. The van der Waals surface area contributed by atoms with Crippen molar-refractivity contribution >= 4 is 23.2 Å². The number of hydrogen-bond acceptors (Lipinski definition) is 2. The highest BCUT2D eigenvalue weighted by Crippen LogP contribution is 2.20. The maximum atomic E-state index is 13.1. The lowest BCUT2D eigenvalue weighted by Crippen LogP contribution is -2.15. The van der Waals surface area contributed by atoms with Crippen LogP contribution in [0.3, 0.4) is 0 Å². The second kappa shape index (κ2) is 8.93. The van der Waals surface area contributed by atoms with Gasteiger partial charge in [0.2, 0.25) is 5.91 Å². The van der Waals surface area contributed by atoms with Gasteiger partial charge in [-0.2, -0.15) is 0 Å². The summed E-state index contributed by atoms with van der Waals surface area (Å²) in [4.78, 5) is 11.8. The third-order valence-electron chi connectivity index (χ3n) is 3.20. The van der Waals surface area contributed by atoms with Gasteiger partial charge < -0.3 is 11.1 Å². The lowest BCUT2D eigenvalue weighted by atomic mass is 9.94. The number of nitrogens with two attached hydrogens (primary N) is 1. The molecule has 112 valence electrons. The molecule has 3 nitrogen and oxygen atoms in total. The third kappa shape index (κ3) is 6.35. The van der Waals surface area contributed by atoms with Gasteiger partial charge in [0.1, 0.15) is 5.82 Å². The van der Waals surface area contributed by atoms with Crippen LogP contribution in [0.1, 0.15) is 39.0 Å². The average Bonchev–Trinajstić information content (AvgIpc) is 2.35. The molecule has 0 aliphatic carbocycles. The Morgan fingerprint density at radius 3 is 2.70 bits per heavy atom. The van der Waals surface area contributed by atoms with Crippen LogP contribution in [0.2, 0.25) is 5.02 Å². The summed E-state index contributed by atoms with van der Waals surface area (Å²) >= 11 is 5.74. The normalized spacial score (nSPS) is 12.2. The molecular weight excluding hydrogens is 279 g/mol. The summed E-state index contributed by atoms with van der Waals surface area (Å²) in [6, 6.07) is 3.99. The fourth-order valence-electron chi connectivity index (χ4n) is 2.26. The predicted molar refractivity (Wildman–Crippen MR) is 81.3 cm³/mol. The van der Waals surface area contributed by atoms with E-state index in [0.717, 1.165) is 25.7 Å². The van der Waals surface area contributed by atoms with Crippen LogP contribution < -0.4 is 11.1 Å². The summed E-state index contributed by atoms with van der Waals surface area (Å²) in [6.07, 6.45) is 4.33. The number of carbonyl (C=O) groups excluding carboxylic acids is 1. The van der Waals surface area contributed by atoms with Gasteiger partial charge in [-0.25, -0.2) is 4.39 Å². The summed E-state index contributed by atoms with van der Waals surface area (Å²) in [6.45, 7) is 2.77. The molecule has 1 rings (SSSR count). The summed E-state index contributed by atoms with van der Waals surface area (Å²) in [5.41, 5.74) is 5.96. The number of rotatable bonds is 8. The molecule has 1 unspecified atom stereocenters. The molecule has 0 heterocycles. The molecule has 5 heteroatoms. The summed E-state index contributed by atoms with van der Waals surface area (Å²) in [7, 11) is 0. The molecule has 0 aliphatic heterocycles. The molecule has 3 N–H and O–H groups in total. The van der Waals surface area contributed by atoms with Crippen molar-refractivity contribution in [2.45, 2.75) is 39.0 Å². The minimum absolute atomic E-state index is 0.121. The number of halogens is 2. The Morgan fingerprint density at radius 2 is 2.10 bits per heavy atom. The van der Waals surface area contributed by atoms with E-state index in [1.165, 1.54) is 18.2 Å². The van der Waals surface area contributed by atoms with Crippen LogP contribution in [0.5, 0.6) is 0 Å². The quantitative estimate of drug-likeness (QED) is 0.763. The lowest BCUT2D eigenvalue weighted by molar-refractivity contribution is -0.116. The Labute approximate surface area is 124 Å². The summed E-state index contributed by atoms with van der Waals surface area (Å²) < 4.78 is 13.1. The first-order valence-corrected chi connectivity index (χ1v) is 7.39. The van der Waals surface area contributed by atoms with Gasteiger partial charge in [0, 0.05) is 17.1 Å². The van der Waals surface area contributed by atoms with Crippen LogP contribution in [0.4, 0.5) is 10.1 Å². The summed E-state index contributed by atoms with van der Waals surface area (Å²) in [5, 5.41) is 2.94. The van der Waals surface area contributed by atoms with E-state index in [1.807, 2.05) is 0 Å². The van der Waals surface area contributed by atoms with Crippen molar-refractivity contribution in [1.29, 1.82) is 0 Å². The second-order valence-corrected chi connectivity index (χ2v) is 5.41. The minimum Gasteiger partial charge on any atom is -0.330 e. The van der Waals surface area contributed by atoms with Gasteiger partial charge in [-0.05, 0) is 43.5 Å². The molecule has 0 radical (unpaired) electrons. The number of hydrogen-bond donors (Lipinski definition) is 2. The van der Waals surface area contributed by atoms with Crippen molar-refractivity contribution in [3.05, 3.63) is 29.0 Å². The van der Waals surface area contributed by atoms with Gasteiger partial charge in [0.05, 0.1) is 0 Å². The molecule has 0 aromatic heterocycles. The van der Waals surface area contributed by atoms with Crippen LogP contribution in [-0.2, 0) is 4.79 Å². The largest absolute Gasteiger partial charge is 0.330 e. The Kier molecular flexibility index (Phi) is 7.55. The van der Waals surface area contributed by atoms with Crippen LogP contribution in [-0.4, -0.2) is 12.5 Å². The molecule has 0 spiro atoms. The summed E-state index contributed by atoms with van der Waals surface area (Å²) in [5.74, 6) is -0.101. The van der Waals surface area contributed by atoms with Crippen molar-refractivity contribution in [3.63, 3.8) is 0 Å². The van der Waals surface area contributed by atoms with Crippen molar-refractivity contribution in [2.75, 3.05) is 11.9 Å². The zero-order valence-electron chi connectivity index (χ0n) is 11.8. The van der Waals surface area contributed by atoms with Gasteiger partial charge >= 0.3 is 0 Å². The molecule has 0 saturated heterocycles. The van der Waals surface area contributed by atoms with Crippen LogP contribution in [0, 0.1) is 11.7 Å². The van der Waals surface area contributed by atoms with Crippen molar-refractivity contribution in [2.24, 2.45) is 11.7 Å². The van der Waals surface area contributed by atoms with Crippen molar-refractivity contribution < 1.29 is 9.18 Å². The minimum atomic E-state index is -0.459. The van der Waals surface area contributed by atoms with Gasteiger partial charge in [-0.15, -0.1) is 0 Å². The van der Waals surface area contributed by atoms with E-state index in [4.69, 9.17) is 17.3 Å². The first-order valence-electron chi connectivity index (χ1n) is 7.01. The topological polar surface area (TPSA) is 55.1 Å². The molecule has 1 aromatic rings. The Bertz CT molecular complexity index is 414. The first kappa shape index (κ1) is 16.9. The highest BCUT2D eigenvalue weighted by Gasteiger charge is 2.11. The first-order chi connectivity index (χ1) is 9.55. The Balaban J connectivity index is 2.46. The maximum absolute atomic E-state index is 13.1. The molecule has 1 atom stereocenters. The van der Waals surface area contributed by atoms with Gasteiger partial charge in [-0.1, -0.05) is 31.4 Å². The molecule has 20 heavy (non-hydrogen) atoms. The fourth-order valence-corrected chi connectivity index (χ4v) is 2.48. The van der Waals surface area contributed by atoms with Crippen molar-refractivity contribution in [1.82, 2.24) is 0 Å². The molecule has 0 bridgehead atoms. The number of carbonyl (C=O) groups is 1. The molecule has 0 saturated carbocycles. The van der Waals surface area contributed by atoms with Gasteiger partial charge in [0.25, 0.3) is 0 Å². The molecule has 0 aliphatic rings. The SMILES string of the molecule is CCCC(CCN)CCC(=O)Nc1cc(F)cc(Cl)c1. The van der Waals surface area contributed by atoms with E-state index >= 15 is 0 Å². The standard InChI is InChI=1S/C15H22ClFN2O/c1-2-3-11(6-7-18)4-5-15(20)19-14-9-12(16)8-13(17)10-14/h8-11H,2-7,18H2,1H3,(H,19,20).